The first-order valence-electron chi connectivity index (χ1n) is 8.82. The summed E-state index contributed by atoms with van der Waals surface area (Å²) in [6.45, 7) is 3.59. The van der Waals surface area contributed by atoms with Gasteiger partial charge < -0.3 is 4.90 Å². The molecule has 0 atom stereocenters. The Kier molecular flexibility index (Phi) is 5.79. The summed E-state index contributed by atoms with van der Waals surface area (Å²) < 4.78 is 0. The van der Waals surface area contributed by atoms with Crippen LogP contribution in [0, 0.1) is 21.4 Å². The van der Waals surface area contributed by atoms with Crippen LogP contribution in [0.25, 0.3) is 0 Å². The van der Waals surface area contributed by atoms with Crippen LogP contribution in [0.4, 0.5) is 5.69 Å². The van der Waals surface area contributed by atoms with E-state index in [1.807, 2.05) is 24.3 Å². The summed E-state index contributed by atoms with van der Waals surface area (Å²) in [7, 11) is 0. The maximum Gasteiger partial charge on any atom is 0.270 e. The molecule has 0 aromatic heterocycles. The summed E-state index contributed by atoms with van der Waals surface area (Å²) in [5, 5.41) is 19.8. The third-order valence-electron chi connectivity index (χ3n) is 4.67. The van der Waals surface area contributed by atoms with E-state index in [0.29, 0.717) is 24.2 Å². The highest BCUT2D eigenvalue weighted by Gasteiger charge is 2.21. The fourth-order valence-corrected chi connectivity index (χ4v) is 3.21. The van der Waals surface area contributed by atoms with Gasteiger partial charge in [0.1, 0.15) is 0 Å². The molecule has 138 valence electrons. The van der Waals surface area contributed by atoms with Crippen molar-refractivity contribution < 1.29 is 9.72 Å². The standard InChI is InChI=1S/C20H20N4O3/c21-14-16-5-7-17(8-6-16)15-22-9-2-10-23(12-11-22)20(25)18-3-1-4-19(13-18)24(26)27/h1,3-8,13H,2,9-12,15H2. The summed E-state index contributed by atoms with van der Waals surface area (Å²) in [6, 6.07) is 15.5. The lowest BCUT2D eigenvalue weighted by Gasteiger charge is -2.22. The number of nitro groups is 1. The Morgan fingerprint density at radius 2 is 1.89 bits per heavy atom. The number of amides is 1. The van der Waals surface area contributed by atoms with Crippen LogP contribution in [-0.2, 0) is 6.54 Å². The molecule has 3 rings (SSSR count). The number of carbonyl (C=O) groups is 1. The minimum atomic E-state index is -0.488. The molecule has 1 saturated heterocycles. The van der Waals surface area contributed by atoms with Crippen LogP contribution in [0.15, 0.2) is 48.5 Å². The van der Waals surface area contributed by atoms with Crippen molar-refractivity contribution in [1.82, 2.24) is 9.80 Å². The van der Waals surface area contributed by atoms with Crippen LogP contribution in [0.3, 0.4) is 0 Å². The van der Waals surface area contributed by atoms with E-state index < -0.39 is 4.92 Å². The van der Waals surface area contributed by atoms with Gasteiger partial charge >= 0.3 is 0 Å². The number of benzene rings is 2. The number of rotatable bonds is 4. The fourth-order valence-electron chi connectivity index (χ4n) is 3.21. The van der Waals surface area contributed by atoms with Gasteiger partial charge in [0.2, 0.25) is 0 Å². The Bertz CT molecular complexity index is 874. The Morgan fingerprint density at radius 1 is 1.11 bits per heavy atom. The van der Waals surface area contributed by atoms with Crippen molar-refractivity contribution in [1.29, 1.82) is 5.26 Å². The number of non-ortho nitro benzene ring substituents is 1. The van der Waals surface area contributed by atoms with E-state index in [9.17, 15) is 14.9 Å². The largest absolute Gasteiger partial charge is 0.337 e. The van der Waals surface area contributed by atoms with Crippen molar-refractivity contribution in [3.8, 4) is 6.07 Å². The predicted molar refractivity (Wildman–Crippen MR) is 100 cm³/mol. The first kappa shape index (κ1) is 18.5. The molecule has 2 aromatic carbocycles. The third kappa shape index (κ3) is 4.68. The zero-order chi connectivity index (χ0) is 19.2. The monoisotopic (exact) mass is 364 g/mol. The van der Waals surface area contributed by atoms with Crippen LogP contribution >= 0.6 is 0 Å². The predicted octanol–water partition coefficient (Wildman–Crippen LogP) is 2.81. The Hall–Kier alpha value is -3.24. The molecule has 0 saturated carbocycles. The number of nitrogens with zero attached hydrogens (tertiary/aromatic N) is 4. The fraction of sp³-hybridized carbons (Fsp3) is 0.300. The lowest BCUT2D eigenvalue weighted by molar-refractivity contribution is -0.384. The van der Waals surface area contributed by atoms with Crippen molar-refractivity contribution in [2.24, 2.45) is 0 Å². The van der Waals surface area contributed by atoms with Gasteiger partial charge in [0, 0.05) is 50.4 Å². The highest BCUT2D eigenvalue weighted by Crippen LogP contribution is 2.17. The first-order valence-corrected chi connectivity index (χ1v) is 8.82. The zero-order valence-corrected chi connectivity index (χ0v) is 14.9. The molecule has 2 aromatic rings. The lowest BCUT2D eigenvalue weighted by Crippen LogP contribution is -2.35. The average molecular weight is 364 g/mol. The van der Waals surface area contributed by atoms with Gasteiger partial charge in [-0.3, -0.25) is 19.8 Å². The van der Waals surface area contributed by atoms with E-state index in [4.69, 9.17) is 5.26 Å². The van der Waals surface area contributed by atoms with Crippen molar-refractivity contribution in [3.05, 3.63) is 75.3 Å². The molecular formula is C20H20N4O3. The third-order valence-corrected chi connectivity index (χ3v) is 4.67. The van der Waals surface area contributed by atoms with Crippen LogP contribution in [0.1, 0.15) is 27.9 Å². The van der Waals surface area contributed by atoms with Gasteiger partial charge in [-0.1, -0.05) is 18.2 Å². The molecule has 7 nitrogen and oxygen atoms in total. The molecule has 0 radical (unpaired) electrons. The highest BCUT2D eigenvalue weighted by atomic mass is 16.6. The molecular weight excluding hydrogens is 344 g/mol. The summed E-state index contributed by atoms with van der Waals surface area (Å²) in [5.74, 6) is -0.168. The second-order valence-electron chi connectivity index (χ2n) is 6.54. The quantitative estimate of drug-likeness (QED) is 0.615. The normalized spacial score (nSPS) is 15.0. The maximum absolute atomic E-state index is 12.7. The molecule has 0 aliphatic carbocycles. The summed E-state index contributed by atoms with van der Waals surface area (Å²) in [4.78, 5) is 27.2. The number of hydrogen-bond donors (Lipinski definition) is 0. The lowest BCUT2D eigenvalue weighted by atomic mass is 10.1. The summed E-state index contributed by atoms with van der Waals surface area (Å²) >= 11 is 0. The van der Waals surface area contributed by atoms with Gasteiger partial charge in [0.25, 0.3) is 11.6 Å². The average Bonchev–Trinajstić information content (AvgIpc) is 2.93. The minimum absolute atomic E-state index is 0.0712. The van der Waals surface area contributed by atoms with Gasteiger partial charge in [-0.2, -0.15) is 5.26 Å². The SMILES string of the molecule is N#Cc1ccc(CN2CCCN(C(=O)c3cccc([N+](=O)[O-])c3)CC2)cc1. The molecule has 0 unspecified atom stereocenters. The molecule has 1 amide bonds. The minimum Gasteiger partial charge on any atom is -0.337 e. The number of hydrogen-bond acceptors (Lipinski definition) is 5. The Morgan fingerprint density at radius 3 is 2.59 bits per heavy atom. The van der Waals surface area contributed by atoms with E-state index in [0.717, 1.165) is 31.6 Å². The molecule has 27 heavy (non-hydrogen) atoms. The Labute approximate surface area is 157 Å². The molecule has 1 aliphatic heterocycles. The second-order valence-corrected chi connectivity index (χ2v) is 6.54. The summed E-state index contributed by atoms with van der Waals surface area (Å²) in [5.41, 5.74) is 2.05. The van der Waals surface area contributed by atoms with Gasteiger partial charge in [0.15, 0.2) is 0 Å². The number of carbonyl (C=O) groups excluding carboxylic acids is 1. The zero-order valence-electron chi connectivity index (χ0n) is 14.9. The molecule has 1 fully saturated rings. The van der Waals surface area contributed by atoms with Gasteiger partial charge in [-0.15, -0.1) is 0 Å². The van der Waals surface area contributed by atoms with Gasteiger partial charge in [-0.25, -0.2) is 0 Å². The van der Waals surface area contributed by atoms with Crippen LogP contribution < -0.4 is 0 Å². The van der Waals surface area contributed by atoms with Crippen LogP contribution in [-0.4, -0.2) is 46.8 Å². The highest BCUT2D eigenvalue weighted by molar-refractivity contribution is 5.94. The van der Waals surface area contributed by atoms with E-state index in [1.165, 1.54) is 12.1 Å². The molecule has 0 N–H and O–H groups in total. The molecule has 1 heterocycles. The van der Waals surface area contributed by atoms with Crippen molar-refractivity contribution in [3.63, 3.8) is 0 Å². The summed E-state index contributed by atoms with van der Waals surface area (Å²) in [6.07, 6.45) is 0.844. The first-order chi connectivity index (χ1) is 13.1. The van der Waals surface area contributed by atoms with E-state index >= 15 is 0 Å². The van der Waals surface area contributed by atoms with Gasteiger partial charge in [0.05, 0.1) is 16.6 Å². The smallest absolute Gasteiger partial charge is 0.270 e. The van der Waals surface area contributed by atoms with Gasteiger partial charge in [-0.05, 0) is 30.2 Å². The van der Waals surface area contributed by atoms with Crippen molar-refractivity contribution >= 4 is 11.6 Å². The number of nitro benzene ring substituents is 1. The Balaban J connectivity index is 1.62. The topological polar surface area (TPSA) is 90.5 Å². The second kappa shape index (κ2) is 8.43. The molecule has 0 bridgehead atoms. The maximum atomic E-state index is 12.7. The van der Waals surface area contributed by atoms with Crippen molar-refractivity contribution in [2.75, 3.05) is 26.2 Å². The van der Waals surface area contributed by atoms with E-state index in [1.54, 1.807) is 17.0 Å². The number of nitriles is 1. The molecule has 0 spiro atoms. The van der Waals surface area contributed by atoms with E-state index in [2.05, 4.69) is 11.0 Å². The van der Waals surface area contributed by atoms with E-state index in [-0.39, 0.29) is 11.6 Å². The van der Waals surface area contributed by atoms with Crippen molar-refractivity contribution in [2.45, 2.75) is 13.0 Å². The van der Waals surface area contributed by atoms with Crippen LogP contribution in [0.2, 0.25) is 0 Å². The van der Waals surface area contributed by atoms with Crippen LogP contribution in [0.5, 0.6) is 0 Å². The molecule has 1 aliphatic rings. The molecule has 7 heteroatoms.